The second kappa shape index (κ2) is 5.66. The Morgan fingerprint density at radius 3 is 3.00 bits per heavy atom. The monoisotopic (exact) mass is 264 g/mol. The minimum Gasteiger partial charge on any atom is -0.323 e. The summed E-state index contributed by atoms with van der Waals surface area (Å²) < 4.78 is 1.76. The van der Waals surface area contributed by atoms with Gasteiger partial charge in [0.05, 0.1) is 29.3 Å². The van der Waals surface area contributed by atoms with Crippen LogP contribution in [0, 0.1) is 0 Å². The molecular formula is C12H13ClN4O. The summed E-state index contributed by atoms with van der Waals surface area (Å²) in [6.45, 7) is 0.246. The van der Waals surface area contributed by atoms with E-state index in [1.807, 2.05) is 0 Å². The Bertz CT molecular complexity index is 539. The second-order valence-corrected chi connectivity index (χ2v) is 4.09. The first kappa shape index (κ1) is 12.6. The Hall–Kier alpha value is -1.85. The van der Waals surface area contributed by atoms with Crippen molar-refractivity contribution in [3.8, 4) is 5.69 Å². The van der Waals surface area contributed by atoms with Crippen molar-refractivity contribution in [3.63, 3.8) is 0 Å². The van der Waals surface area contributed by atoms with Crippen molar-refractivity contribution < 1.29 is 4.79 Å². The highest BCUT2D eigenvalue weighted by Gasteiger charge is 2.11. The van der Waals surface area contributed by atoms with Crippen LogP contribution in [0.25, 0.3) is 5.69 Å². The zero-order chi connectivity index (χ0) is 13.0. The molecule has 0 atom stereocenters. The third-order valence-corrected chi connectivity index (χ3v) is 2.67. The summed E-state index contributed by atoms with van der Waals surface area (Å²) >= 11 is 6.17. The van der Waals surface area contributed by atoms with Gasteiger partial charge in [0.1, 0.15) is 0 Å². The van der Waals surface area contributed by atoms with Gasteiger partial charge in [-0.25, -0.2) is 4.98 Å². The predicted octanol–water partition coefficient (Wildman–Crippen LogP) is 1.68. The van der Waals surface area contributed by atoms with Gasteiger partial charge < -0.3 is 15.2 Å². The number of rotatable bonds is 4. The number of hydrogen-bond acceptors (Lipinski definition) is 3. The zero-order valence-corrected chi connectivity index (χ0v) is 10.6. The molecule has 0 spiro atoms. The Morgan fingerprint density at radius 2 is 2.33 bits per heavy atom. The number of likely N-dealkylation sites (N-methyl/N-ethyl adjacent to an activating group) is 1. The third kappa shape index (κ3) is 2.69. The van der Waals surface area contributed by atoms with E-state index >= 15 is 0 Å². The second-order valence-electron chi connectivity index (χ2n) is 3.68. The largest absolute Gasteiger partial charge is 0.323 e. The molecule has 0 aliphatic carbocycles. The average molecular weight is 265 g/mol. The molecule has 0 saturated carbocycles. The number of anilines is 1. The van der Waals surface area contributed by atoms with Crippen molar-refractivity contribution in [2.75, 3.05) is 18.9 Å². The van der Waals surface area contributed by atoms with Crippen molar-refractivity contribution in [1.29, 1.82) is 0 Å². The van der Waals surface area contributed by atoms with Gasteiger partial charge in [-0.3, -0.25) is 4.79 Å². The van der Waals surface area contributed by atoms with E-state index in [0.29, 0.717) is 16.4 Å². The van der Waals surface area contributed by atoms with Gasteiger partial charge in [-0.05, 0) is 19.2 Å². The normalized spacial score (nSPS) is 10.3. The van der Waals surface area contributed by atoms with Gasteiger partial charge in [-0.2, -0.15) is 0 Å². The molecule has 6 heteroatoms. The minimum absolute atomic E-state index is 0.124. The highest BCUT2D eigenvalue weighted by molar-refractivity contribution is 6.33. The number of imidazole rings is 1. The summed E-state index contributed by atoms with van der Waals surface area (Å²) in [6.07, 6.45) is 5.06. The number of carbonyl (C=O) groups excluding carboxylic acids is 1. The van der Waals surface area contributed by atoms with Crippen molar-refractivity contribution in [2.24, 2.45) is 0 Å². The third-order valence-electron chi connectivity index (χ3n) is 2.36. The number of para-hydroxylation sites is 1. The SMILES string of the molecule is CNCC(=O)Nc1cccc(Cl)c1-n1ccnc1. The topological polar surface area (TPSA) is 59.0 Å². The smallest absolute Gasteiger partial charge is 0.238 e. The first-order valence-electron chi connectivity index (χ1n) is 5.43. The van der Waals surface area contributed by atoms with Gasteiger partial charge in [0.15, 0.2) is 0 Å². The first-order chi connectivity index (χ1) is 8.72. The van der Waals surface area contributed by atoms with E-state index in [1.165, 1.54) is 0 Å². The Balaban J connectivity index is 2.36. The van der Waals surface area contributed by atoms with E-state index in [0.717, 1.165) is 0 Å². The molecule has 0 unspecified atom stereocenters. The van der Waals surface area contributed by atoms with Crippen LogP contribution in [0.4, 0.5) is 5.69 Å². The number of amides is 1. The maximum Gasteiger partial charge on any atom is 0.238 e. The summed E-state index contributed by atoms with van der Waals surface area (Å²) in [5.41, 5.74) is 1.36. The lowest BCUT2D eigenvalue weighted by atomic mass is 10.2. The fourth-order valence-electron chi connectivity index (χ4n) is 1.62. The Labute approximate surface area is 110 Å². The number of nitrogens with zero attached hydrogens (tertiary/aromatic N) is 2. The molecule has 18 heavy (non-hydrogen) atoms. The van der Waals surface area contributed by atoms with Crippen LogP contribution in [-0.2, 0) is 4.79 Å². The lowest BCUT2D eigenvalue weighted by molar-refractivity contribution is -0.115. The molecule has 0 saturated heterocycles. The number of nitrogens with one attached hydrogen (secondary N) is 2. The fraction of sp³-hybridized carbons (Fsp3) is 0.167. The Kier molecular flexibility index (Phi) is 3.96. The summed E-state index contributed by atoms with van der Waals surface area (Å²) in [5.74, 6) is -0.124. The predicted molar refractivity (Wildman–Crippen MR) is 71.1 cm³/mol. The van der Waals surface area contributed by atoms with Crippen LogP contribution in [0.1, 0.15) is 0 Å². The van der Waals surface area contributed by atoms with Crippen molar-refractivity contribution in [2.45, 2.75) is 0 Å². The minimum atomic E-state index is -0.124. The van der Waals surface area contributed by atoms with Crippen LogP contribution in [0.5, 0.6) is 0 Å². The highest BCUT2D eigenvalue weighted by atomic mass is 35.5. The van der Waals surface area contributed by atoms with Crippen molar-refractivity contribution in [3.05, 3.63) is 41.9 Å². The standard InChI is InChI=1S/C12H13ClN4O/c1-14-7-11(18)16-10-4-2-3-9(13)12(10)17-6-5-15-8-17/h2-6,8,14H,7H2,1H3,(H,16,18). The van der Waals surface area contributed by atoms with Gasteiger partial charge in [0.2, 0.25) is 5.91 Å². The van der Waals surface area contributed by atoms with E-state index < -0.39 is 0 Å². The van der Waals surface area contributed by atoms with Crippen LogP contribution in [0.2, 0.25) is 5.02 Å². The number of hydrogen-bond donors (Lipinski definition) is 2. The van der Waals surface area contributed by atoms with Crippen LogP contribution in [-0.4, -0.2) is 29.1 Å². The van der Waals surface area contributed by atoms with E-state index in [4.69, 9.17) is 11.6 Å². The molecule has 0 aliphatic heterocycles. The summed E-state index contributed by atoms with van der Waals surface area (Å²) in [6, 6.07) is 5.36. The quantitative estimate of drug-likeness (QED) is 0.883. The van der Waals surface area contributed by atoms with Gasteiger partial charge in [0.25, 0.3) is 0 Å². The molecule has 0 bridgehead atoms. The molecule has 1 heterocycles. The molecule has 0 fully saturated rings. The number of benzene rings is 1. The maximum absolute atomic E-state index is 11.6. The lowest BCUT2D eigenvalue weighted by Gasteiger charge is -2.13. The summed E-state index contributed by atoms with van der Waals surface area (Å²) in [5, 5.41) is 6.15. The van der Waals surface area contributed by atoms with Crippen molar-refractivity contribution >= 4 is 23.2 Å². The molecule has 1 aromatic carbocycles. The maximum atomic E-state index is 11.6. The summed E-state index contributed by atoms with van der Waals surface area (Å²) in [7, 11) is 1.72. The van der Waals surface area contributed by atoms with E-state index in [9.17, 15) is 4.79 Å². The highest BCUT2D eigenvalue weighted by Crippen LogP contribution is 2.28. The Morgan fingerprint density at radius 1 is 1.50 bits per heavy atom. The van der Waals surface area contributed by atoms with E-state index in [2.05, 4.69) is 15.6 Å². The lowest BCUT2D eigenvalue weighted by Crippen LogP contribution is -2.25. The first-order valence-corrected chi connectivity index (χ1v) is 5.81. The molecule has 2 rings (SSSR count). The van der Waals surface area contributed by atoms with Crippen molar-refractivity contribution in [1.82, 2.24) is 14.9 Å². The van der Waals surface area contributed by atoms with Crippen LogP contribution in [0.15, 0.2) is 36.9 Å². The molecule has 94 valence electrons. The van der Waals surface area contributed by atoms with Gasteiger partial charge in [0, 0.05) is 12.4 Å². The molecule has 2 aromatic rings. The zero-order valence-electron chi connectivity index (χ0n) is 9.85. The fourth-order valence-corrected chi connectivity index (χ4v) is 1.90. The average Bonchev–Trinajstić information content (AvgIpc) is 2.82. The molecule has 0 aliphatic rings. The summed E-state index contributed by atoms with van der Waals surface area (Å²) in [4.78, 5) is 15.6. The molecule has 1 aromatic heterocycles. The number of halogens is 1. The van der Waals surface area contributed by atoms with Crippen LogP contribution in [0.3, 0.4) is 0 Å². The number of carbonyl (C=O) groups is 1. The van der Waals surface area contributed by atoms with Gasteiger partial charge in [-0.1, -0.05) is 17.7 Å². The molecule has 2 N–H and O–H groups in total. The molecular weight excluding hydrogens is 252 g/mol. The molecule has 1 amide bonds. The molecule has 0 radical (unpaired) electrons. The van der Waals surface area contributed by atoms with Crippen LogP contribution >= 0.6 is 11.6 Å². The van der Waals surface area contributed by atoms with Gasteiger partial charge >= 0.3 is 0 Å². The number of aromatic nitrogens is 2. The van der Waals surface area contributed by atoms with Crippen LogP contribution < -0.4 is 10.6 Å². The molecule has 5 nitrogen and oxygen atoms in total. The van der Waals surface area contributed by atoms with E-state index in [-0.39, 0.29) is 12.5 Å². The van der Waals surface area contributed by atoms with Gasteiger partial charge in [-0.15, -0.1) is 0 Å². The van der Waals surface area contributed by atoms with E-state index in [1.54, 1.807) is 48.5 Å².